The molecule has 1 saturated carbocycles. The van der Waals surface area contributed by atoms with E-state index in [1.54, 1.807) is 12.3 Å². The molecule has 1 heterocycles. The van der Waals surface area contributed by atoms with Crippen LogP contribution < -0.4 is 5.32 Å². The summed E-state index contributed by atoms with van der Waals surface area (Å²) >= 11 is 0. The molecule has 1 aliphatic rings. The number of aromatic nitrogens is 1. The van der Waals surface area contributed by atoms with Gasteiger partial charge >= 0.3 is 0 Å². The van der Waals surface area contributed by atoms with Crippen LogP contribution in [0.3, 0.4) is 0 Å². The lowest BCUT2D eigenvalue weighted by Crippen LogP contribution is -2.33. The molecule has 2 unspecified atom stereocenters. The molecule has 94 valence electrons. The Kier molecular flexibility index (Phi) is 4.49. The Morgan fingerprint density at radius 1 is 1.29 bits per heavy atom. The quantitative estimate of drug-likeness (QED) is 0.815. The largest absolute Gasteiger partial charge is 0.310 e. The highest BCUT2D eigenvalue weighted by atomic mass is 19.1. The molecule has 1 aromatic rings. The second-order valence-electron chi connectivity index (χ2n) is 5.11. The van der Waals surface area contributed by atoms with Crippen LogP contribution in [0.15, 0.2) is 18.5 Å². The minimum atomic E-state index is -0.252. The molecule has 1 N–H and O–H groups in total. The van der Waals surface area contributed by atoms with E-state index in [2.05, 4.69) is 17.2 Å². The Labute approximate surface area is 103 Å². The normalized spacial score (nSPS) is 25.5. The van der Waals surface area contributed by atoms with E-state index in [9.17, 15) is 4.39 Å². The number of halogens is 1. The molecule has 2 atom stereocenters. The monoisotopic (exact) mass is 236 g/mol. The molecule has 0 bridgehead atoms. The Hall–Kier alpha value is -0.960. The van der Waals surface area contributed by atoms with E-state index in [0.717, 1.165) is 18.0 Å². The summed E-state index contributed by atoms with van der Waals surface area (Å²) < 4.78 is 13.0. The van der Waals surface area contributed by atoms with Crippen molar-refractivity contribution in [2.45, 2.75) is 51.6 Å². The highest BCUT2D eigenvalue weighted by molar-refractivity contribution is 5.09. The van der Waals surface area contributed by atoms with Crippen LogP contribution in [0.25, 0.3) is 0 Å². The van der Waals surface area contributed by atoms with Crippen LogP contribution in [0.4, 0.5) is 4.39 Å². The van der Waals surface area contributed by atoms with Crippen molar-refractivity contribution in [3.8, 4) is 0 Å². The van der Waals surface area contributed by atoms with Gasteiger partial charge in [-0.15, -0.1) is 0 Å². The van der Waals surface area contributed by atoms with Crippen LogP contribution in [-0.4, -0.2) is 11.0 Å². The lowest BCUT2D eigenvalue weighted by atomic mass is 9.97. The summed E-state index contributed by atoms with van der Waals surface area (Å²) in [5, 5.41) is 3.55. The third-order valence-corrected chi connectivity index (χ3v) is 3.69. The zero-order chi connectivity index (χ0) is 12.1. The molecular formula is C14H21FN2. The molecule has 2 nitrogen and oxygen atoms in total. The first-order valence-electron chi connectivity index (χ1n) is 6.58. The van der Waals surface area contributed by atoms with E-state index < -0.39 is 0 Å². The number of hydrogen-bond acceptors (Lipinski definition) is 2. The summed E-state index contributed by atoms with van der Waals surface area (Å²) in [6.45, 7) is 3.03. The van der Waals surface area contributed by atoms with Crippen molar-refractivity contribution in [2.24, 2.45) is 5.92 Å². The van der Waals surface area contributed by atoms with Crippen LogP contribution in [-0.2, 0) is 6.54 Å². The highest BCUT2D eigenvalue weighted by Crippen LogP contribution is 2.23. The molecule has 17 heavy (non-hydrogen) atoms. The fourth-order valence-electron chi connectivity index (χ4n) is 2.60. The summed E-state index contributed by atoms with van der Waals surface area (Å²) in [6, 6.07) is 2.13. The average Bonchev–Trinajstić information content (AvgIpc) is 2.52. The first-order valence-corrected chi connectivity index (χ1v) is 6.58. The van der Waals surface area contributed by atoms with Crippen LogP contribution >= 0.6 is 0 Å². The van der Waals surface area contributed by atoms with E-state index in [4.69, 9.17) is 0 Å². The molecule has 0 aliphatic heterocycles. The number of rotatable bonds is 3. The van der Waals surface area contributed by atoms with E-state index in [1.165, 1.54) is 38.3 Å². The fourth-order valence-corrected chi connectivity index (χ4v) is 2.60. The maximum Gasteiger partial charge on any atom is 0.141 e. The number of nitrogens with one attached hydrogen (secondary N) is 1. The smallest absolute Gasteiger partial charge is 0.141 e. The van der Waals surface area contributed by atoms with Crippen LogP contribution in [0.2, 0.25) is 0 Å². The van der Waals surface area contributed by atoms with Crippen molar-refractivity contribution >= 4 is 0 Å². The minimum Gasteiger partial charge on any atom is -0.310 e. The first-order chi connectivity index (χ1) is 8.25. The van der Waals surface area contributed by atoms with Gasteiger partial charge in [-0.3, -0.25) is 4.98 Å². The Bertz CT molecular complexity index is 354. The van der Waals surface area contributed by atoms with Crippen molar-refractivity contribution in [3.05, 3.63) is 29.8 Å². The fraction of sp³-hybridized carbons (Fsp3) is 0.643. The van der Waals surface area contributed by atoms with Gasteiger partial charge in [0.25, 0.3) is 0 Å². The topological polar surface area (TPSA) is 24.9 Å². The second-order valence-corrected chi connectivity index (χ2v) is 5.11. The molecule has 0 aromatic carbocycles. The summed E-state index contributed by atoms with van der Waals surface area (Å²) in [5.41, 5.74) is 0.932. The van der Waals surface area contributed by atoms with Gasteiger partial charge in [-0.2, -0.15) is 0 Å². The summed E-state index contributed by atoms with van der Waals surface area (Å²) in [6.07, 6.45) is 9.53. The van der Waals surface area contributed by atoms with Gasteiger partial charge in [0.1, 0.15) is 5.82 Å². The van der Waals surface area contributed by atoms with E-state index in [0.29, 0.717) is 6.04 Å². The highest BCUT2D eigenvalue weighted by Gasteiger charge is 2.18. The maximum atomic E-state index is 13.0. The van der Waals surface area contributed by atoms with Gasteiger partial charge in [0.15, 0.2) is 0 Å². The molecule has 1 aromatic heterocycles. The van der Waals surface area contributed by atoms with Gasteiger partial charge < -0.3 is 5.32 Å². The molecule has 1 fully saturated rings. The average molecular weight is 236 g/mol. The molecule has 0 spiro atoms. The van der Waals surface area contributed by atoms with Crippen LogP contribution in [0.5, 0.6) is 0 Å². The molecule has 1 aliphatic carbocycles. The second kappa shape index (κ2) is 6.10. The van der Waals surface area contributed by atoms with Gasteiger partial charge in [-0.25, -0.2) is 4.39 Å². The van der Waals surface area contributed by atoms with E-state index >= 15 is 0 Å². The van der Waals surface area contributed by atoms with Crippen molar-refractivity contribution in [3.63, 3.8) is 0 Å². The lowest BCUT2D eigenvalue weighted by Gasteiger charge is -2.22. The number of pyridine rings is 1. The molecule has 0 saturated heterocycles. The van der Waals surface area contributed by atoms with Crippen molar-refractivity contribution in [1.29, 1.82) is 0 Å². The standard InChI is InChI=1S/C14H21FN2/c1-11-5-3-2-4-6-14(11)17-9-12-7-13(15)10-16-8-12/h7-8,10-11,14,17H,2-6,9H2,1H3. The van der Waals surface area contributed by atoms with Gasteiger partial charge in [-0.05, 0) is 30.4 Å². The summed E-state index contributed by atoms with van der Waals surface area (Å²) in [7, 11) is 0. The Morgan fingerprint density at radius 2 is 2.12 bits per heavy atom. The molecular weight excluding hydrogens is 215 g/mol. The van der Waals surface area contributed by atoms with E-state index in [-0.39, 0.29) is 5.82 Å². The SMILES string of the molecule is CC1CCCCCC1NCc1cncc(F)c1. The third-order valence-electron chi connectivity index (χ3n) is 3.69. The zero-order valence-corrected chi connectivity index (χ0v) is 10.5. The van der Waals surface area contributed by atoms with Crippen molar-refractivity contribution in [1.82, 2.24) is 10.3 Å². The molecule has 0 amide bonds. The van der Waals surface area contributed by atoms with Crippen LogP contribution in [0, 0.1) is 11.7 Å². The lowest BCUT2D eigenvalue weighted by molar-refractivity contribution is 0.355. The van der Waals surface area contributed by atoms with E-state index in [1.807, 2.05) is 0 Å². The Morgan fingerprint density at radius 3 is 2.94 bits per heavy atom. The summed E-state index contributed by atoms with van der Waals surface area (Å²) in [5.74, 6) is 0.470. The molecule has 2 rings (SSSR count). The third kappa shape index (κ3) is 3.77. The van der Waals surface area contributed by atoms with Gasteiger partial charge in [-0.1, -0.05) is 26.2 Å². The van der Waals surface area contributed by atoms with Crippen LogP contribution in [0.1, 0.15) is 44.6 Å². The van der Waals surface area contributed by atoms with Crippen molar-refractivity contribution in [2.75, 3.05) is 0 Å². The predicted octanol–water partition coefficient (Wildman–Crippen LogP) is 3.28. The van der Waals surface area contributed by atoms with Crippen molar-refractivity contribution < 1.29 is 4.39 Å². The predicted molar refractivity (Wildman–Crippen MR) is 67.1 cm³/mol. The van der Waals surface area contributed by atoms with Gasteiger partial charge in [0.05, 0.1) is 6.20 Å². The number of nitrogens with zero attached hydrogens (tertiary/aromatic N) is 1. The molecule has 3 heteroatoms. The molecule has 0 radical (unpaired) electrons. The maximum absolute atomic E-state index is 13.0. The number of hydrogen-bond donors (Lipinski definition) is 1. The summed E-state index contributed by atoms with van der Waals surface area (Å²) in [4.78, 5) is 3.87. The first kappa shape index (κ1) is 12.5. The van der Waals surface area contributed by atoms with Gasteiger partial charge in [0, 0.05) is 18.8 Å². The minimum absolute atomic E-state index is 0.252. The zero-order valence-electron chi connectivity index (χ0n) is 10.5. The Balaban J connectivity index is 1.88. The van der Waals surface area contributed by atoms with Gasteiger partial charge in [0.2, 0.25) is 0 Å².